The van der Waals surface area contributed by atoms with Crippen LogP contribution in [0.4, 0.5) is 5.69 Å². The highest BCUT2D eigenvalue weighted by Crippen LogP contribution is 2.45. The number of rotatable bonds is 3. The van der Waals surface area contributed by atoms with Gasteiger partial charge in [-0.25, -0.2) is 4.90 Å². The van der Waals surface area contributed by atoms with Crippen molar-refractivity contribution < 1.29 is 19.2 Å². The summed E-state index contributed by atoms with van der Waals surface area (Å²) in [6.07, 6.45) is 0. The van der Waals surface area contributed by atoms with E-state index >= 15 is 0 Å². The topological polar surface area (TPSA) is 71.5 Å². The van der Waals surface area contributed by atoms with Crippen LogP contribution in [-0.4, -0.2) is 22.3 Å². The standard InChI is InChI=1S/C16H3Cl6NO4/c17-9-7-8(10(18)12(20)11(9)19)16(27)23(15(7)26)6-2-4(13(21)24)1-5(3-6)14(22)25/h1-3H. The Morgan fingerprint density at radius 2 is 1.04 bits per heavy atom. The Hall–Kier alpha value is -1.34. The van der Waals surface area contributed by atoms with E-state index in [-0.39, 0.29) is 48.0 Å². The molecule has 0 aliphatic carbocycles. The van der Waals surface area contributed by atoms with Crippen molar-refractivity contribution in [2.75, 3.05) is 4.90 Å². The summed E-state index contributed by atoms with van der Waals surface area (Å²) < 4.78 is 0. The number of amides is 2. The SMILES string of the molecule is O=C(Cl)c1cc(C(=O)Cl)cc(N2C(=O)c3c(Cl)c(Cl)c(Cl)c(Cl)c3C2=O)c1. The number of hydrogen-bond donors (Lipinski definition) is 0. The van der Waals surface area contributed by atoms with E-state index in [1.54, 1.807) is 0 Å². The lowest BCUT2D eigenvalue weighted by atomic mass is 10.1. The number of nitrogens with zero attached hydrogens (tertiary/aromatic N) is 1. The first-order chi connectivity index (χ1) is 12.6. The van der Waals surface area contributed by atoms with Crippen molar-refractivity contribution in [3.8, 4) is 0 Å². The number of fused-ring (bicyclic) bond motifs is 1. The van der Waals surface area contributed by atoms with Crippen molar-refractivity contribution in [3.05, 3.63) is 60.5 Å². The van der Waals surface area contributed by atoms with Gasteiger partial charge in [-0.1, -0.05) is 46.4 Å². The minimum atomic E-state index is -0.922. The molecule has 27 heavy (non-hydrogen) atoms. The van der Waals surface area contributed by atoms with Crippen LogP contribution in [0.1, 0.15) is 41.4 Å². The van der Waals surface area contributed by atoms with Gasteiger partial charge in [-0.2, -0.15) is 0 Å². The molecule has 0 saturated carbocycles. The average molecular weight is 486 g/mol. The molecule has 1 heterocycles. The van der Waals surface area contributed by atoms with Gasteiger partial charge in [-0.3, -0.25) is 19.2 Å². The summed E-state index contributed by atoms with van der Waals surface area (Å²) in [6.45, 7) is 0. The van der Waals surface area contributed by atoms with Gasteiger partial charge in [0.25, 0.3) is 22.3 Å². The van der Waals surface area contributed by atoms with Crippen molar-refractivity contribution in [1.82, 2.24) is 0 Å². The van der Waals surface area contributed by atoms with Crippen molar-refractivity contribution in [3.63, 3.8) is 0 Å². The highest BCUT2D eigenvalue weighted by Gasteiger charge is 2.42. The minimum absolute atomic E-state index is 0.129. The molecular formula is C16H3Cl6NO4. The summed E-state index contributed by atoms with van der Waals surface area (Å²) >= 11 is 34.9. The molecule has 0 aromatic heterocycles. The number of carbonyl (C=O) groups is 4. The quantitative estimate of drug-likeness (QED) is 0.236. The Morgan fingerprint density at radius 3 is 1.37 bits per heavy atom. The Labute approximate surface area is 181 Å². The molecule has 138 valence electrons. The normalized spacial score (nSPS) is 13.2. The van der Waals surface area contributed by atoms with Gasteiger partial charge in [0, 0.05) is 11.1 Å². The van der Waals surface area contributed by atoms with Crippen LogP contribution in [0.2, 0.25) is 20.1 Å². The Kier molecular flexibility index (Phi) is 5.47. The summed E-state index contributed by atoms with van der Waals surface area (Å²) in [5.41, 5.74) is -0.924. The minimum Gasteiger partial charge on any atom is -0.276 e. The molecule has 0 N–H and O–H groups in total. The predicted octanol–water partition coefficient (Wildman–Crippen LogP) is 5.86. The largest absolute Gasteiger partial charge is 0.276 e. The van der Waals surface area contributed by atoms with E-state index in [1.165, 1.54) is 0 Å². The molecule has 0 saturated heterocycles. The van der Waals surface area contributed by atoms with E-state index < -0.39 is 22.3 Å². The zero-order valence-electron chi connectivity index (χ0n) is 12.6. The summed E-state index contributed by atoms with van der Waals surface area (Å²) in [5.74, 6) is -1.74. The molecule has 0 fully saturated rings. The van der Waals surface area contributed by atoms with Gasteiger partial charge in [-0.15, -0.1) is 0 Å². The van der Waals surface area contributed by atoms with E-state index in [4.69, 9.17) is 69.6 Å². The van der Waals surface area contributed by atoms with Gasteiger partial charge in [0.05, 0.1) is 36.9 Å². The Bertz CT molecular complexity index is 1000. The van der Waals surface area contributed by atoms with Gasteiger partial charge in [0.2, 0.25) is 0 Å². The fraction of sp³-hybridized carbons (Fsp3) is 0. The maximum Gasteiger partial charge on any atom is 0.267 e. The highest BCUT2D eigenvalue weighted by atomic mass is 35.5. The molecule has 3 rings (SSSR count). The van der Waals surface area contributed by atoms with Crippen molar-refractivity contribution in [2.45, 2.75) is 0 Å². The van der Waals surface area contributed by atoms with Gasteiger partial charge in [-0.05, 0) is 41.4 Å². The molecule has 1 aliphatic rings. The number of carbonyl (C=O) groups excluding carboxylic acids is 4. The molecule has 2 amide bonds. The van der Waals surface area contributed by atoms with Crippen LogP contribution in [0.15, 0.2) is 18.2 Å². The van der Waals surface area contributed by atoms with E-state index in [1.807, 2.05) is 0 Å². The molecule has 0 radical (unpaired) electrons. The molecule has 0 atom stereocenters. The maximum absolute atomic E-state index is 12.8. The van der Waals surface area contributed by atoms with Crippen LogP contribution in [0.3, 0.4) is 0 Å². The van der Waals surface area contributed by atoms with Crippen LogP contribution in [0.5, 0.6) is 0 Å². The molecule has 2 aromatic carbocycles. The predicted molar refractivity (Wildman–Crippen MR) is 104 cm³/mol. The van der Waals surface area contributed by atoms with Crippen molar-refractivity contribution in [2.24, 2.45) is 0 Å². The first-order valence-electron chi connectivity index (χ1n) is 6.85. The maximum atomic E-state index is 12.8. The van der Waals surface area contributed by atoms with E-state index in [0.717, 1.165) is 18.2 Å². The van der Waals surface area contributed by atoms with Crippen LogP contribution >= 0.6 is 69.6 Å². The lowest BCUT2D eigenvalue weighted by Crippen LogP contribution is -2.29. The van der Waals surface area contributed by atoms with Gasteiger partial charge in [0.15, 0.2) is 0 Å². The van der Waals surface area contributed by atoms with Gasteiger partial charge >= 0.3 is 0 Å². The number of imide groups is 1. The molecule has 5 nitrogen and oxygen atoms in total. The second kappa shape index (κ2) is 7.24. The van der Waals surface area contributed by atoms with Crippen LogP contribution in [0.25, 0.3) is 0 Å². The zero-order chi connectivity index (χ0) is 20.2. The summed E-state index contributed by atoms with van der Waals surface area (Å²) in [5, 5.41) is -2.72. The zero-order valence-corrected chi connectivity index (χ0v) is 17.1. The van der Waals surface area contributed by atoms with Gasteiger partial charge in [0.1, 0.15) is 0 Å². The molecule has 0 bridgehead atoms. The van der Waals surface area contributed by atoms with Crippen LogP contribution < -0.4 is 4.90 Å². The third kappa shape index (κ3) is 3.23. The monoisotopic (exact) mass is 483 g/mol. The second-order valence-corrected chi connectivity index (χ2v) is 7.47. The third-order valence-corrected chi connectivity index (χ3v) is 5.97. The lowest BCUT2D eigenvalue weighted by molar-refractivity contribution is 0.0923. The fourth-order valence-electron chi connectivity index (χ4n) is 2.55. The molecule has 1 aliphatic heterocycles. The Morgan fingerprint density at radius 1 is 0.667 bits per heavy atom. The molecule has 2 aromatic rings. The average Bonchev–Trinajstić information content (AvgIpc) is 2.88. The Balaban J connectivity index is 2.26. The first-order valence-corrected chi connectivity index (χ1v) is 9.12. The van der Waals surface area contributed by atoms with Crippen LogP contribution in [-0.2, 0) is 0 Å². The summed E-state index contributed by atoms with van der Waals surface area (Å²) in [6, 6.07) is 3.41. The summed E-state index contributed by atoms with van der Waals surface area (Å²) in [7, 11) is 0. The first kappa shape index (κ1) is 20.4. The molecule has 11 heteroatoms. The van der Waals surface area contributed by atoms with E-state index in [9.17, 15) is 19.2 Å². The lowest BCUT2D eigenvalue weighted by Gasteiger charge is -2.15. The number of hydrogen-bond acceptors (Lipinski definition) is 4. The molecular weight excluding hydrogens is 483 g/mol. The van der Waals surface area contributed by atoms with Gasteiger partial charge < -0.3 is 0 Å². The molecule has 0 spiro atoms. The smallest absolute Gasteiger partial charge is 0.267 e. The van der Waals surface area contributed by atoms with Crippen LogP contribution in [0, 0.1) is 0 Å². The number of anilines is 1. The van der Waals surface area contributed by atoms with Crippen molar-refractivity contribution in [1.29, 1.82) is 0 Å². The number of benzene rings is 2. The fourth-order valence-corrected chi connectivity index (χ4v) is 3.78. The summed E-state index contributed by atoms with van der Waals surface area (Å²) in [4.78, 5) is 49.4. The highest BCUT2D eigenvalue weighted by molar-refractivity contribution is 6.69. The van der Waals surface area contributed by atoms with E-state index in [2.05, 4.69) is 0 Å². The third-order valence-electron chi connectivity index (χ3n) is 3.73. The number of halogens is 6. The second-order valence-electron chi connectivity index (χ2n) is 5.27. The van der Waals surface area contributed by atoms with E-state index in [0.29, 0.717) is 4.90 Å². The molecule has 0 unspecified atom stereocenters. The van der Waals surface area contributed by atoms with Crippen molar-refractivity contribution >= 4 is 97.6 Å².